The molecule has 4 aromatic rings. The number of aromatic nitrogens is 1. The molecule has 0 radical (unpaired) electrons. The first-order valence-corrected chi connectivity index (χ1v) is 9.68. The number of hydrogen-bond donors (Lipinski definition) is 1. The molecular weight excluding hydrogens is 392 g/mol. The highest BCUT2D eigenvalue weighted by Gasteiger charge is 2.10. The Morgan fingerprint density at radius 3 is 2.62 bits per heavy atom. The van der Waals surface area contributed by atoms with E-state index >= 15 is 0 Å². The third kappa shape index (κ3) is 4.43. The van der Waals surface area contributed by atoms with Gasteiger partial charge in [-0.3, -0.25) is 9.36 Å². The zero-order valence-corrected chi connectivity index (χ0v) is 16.3. The summed E-state index contributed by atoms with van der Waals surface area (Å²) in [6.07, 6.45) is 0.833. The van der Waals surface area contributed by atoms with Gasteiger partial charge in [-0.2, -0.15) is 0 Å². The summed E-state index contributed by atoms with van der Waals surface area (Å²) >= 11 is 5.90. The number of nitrogens with zero attached hydrogens (tertiary/aromatic N) is 1. The molecule has 148 valence electrons. The predicted octanol–water partition coefficient (Wildman–Crippen LogP) is 4.60. The van der Waals surface area contributed by atoms with Crippen LogP contribution in [0.4, 0.5) is 0 Å². The van der Waals surface area contributed by atoms with E-state index in [1.165, 1.54) is 0 Å². The molecule has 4 rings (SSSR count). The van der Waals surface area contributed by atoms with E-state index in [0.717, 1.165) is 16.8 Å². The molecule has 0 atom stereocenters. The van der Waals surface area contributed by atoms with Gasteiger partial charge in [-0.1, -0.05) is 23.7 Å². The maximum atomic E-state index is 12.1. The Kier molecular flexibility index (Phi) is 5.53. The molecule has 1 amide bonds. The fourth-order valence-corrected chi connectivity index (χ4v) is 3.27. The minimum Gasteiger partial charge on any atom is -0.459 e. The van der Waals surface area contributed by atoms with Gasteiger partial charge in [0.15, 0.2) is 5.58 Å². The molecular formula is C22H19ClN2O4. The number of rotatable bonds is 7. The van der Waals surface area contributed by atoms with Crippen LogP contribution in [0.5, 0.6) is 0 Å². The fourth-order valence-electron chi connectivity index (χ4n) is 3.14. The summed E-state index contributed by atoms with van der Waals surface area (Å²) in [5.74, 6) is 0.879. The molecule has 1 N–H and O–H groups in total. The summed E-state index contributed by atoms with van der Waals surface area (Å²) in [7, 11) is 0. The number of fused-ring (bicyclic) bond motifs is 1. The minimum absolute atomic E-state index is 0.102. The van der Waals surface area contributed by atoms with Crippen molar-refractivity contribution >= 4 is 28.6 Å². The second kappa shape index (κ2) is 8.41. The molecule has 0 aliphatic rings. The van der Waals surface area contributed by atoms with Crippen LogP contribution in [0.25, 0.3) is 22.4 Å². The number of halogens is 1. The third-order valence-electron chi connectivity index (χ3n) is 4.61. The lowest BCUT2D eigenvalue weighted by Crippen LogP contribution is -2.23. The molecule has 6 nitrogen and oxygen atoms in total. The number of para-hydroxylation sites is 2. The van der Waals surface area contributed by atoms with E-state index in [9.17, 15) is 9.59 Å². The number of oxazole rings is 1. The Morgan fingerprint density at radius 1 is 1.00 bits per heavy atom. The van der Waals surface area contributed by atoms with Crippen molar-refractivity contribution in [2.75, 3.05) is 0 Å². The van der Waals surface area contributed by atoms with Gasteiger partial charge >= 0.3 is 5.76 Å². The number of aryl methyl sites for hydroxylation is 1. The Bertz CT molecular complexity index is 1190. The van der Waals surface area contributed by atoms with Crippen molar-refractivity contribution in [1.82, 2.24) is 9.88 Å². The molecule has 0 spiro atoms. The van der Waals surface area contributed by atoms with E-state index in [-0.39, 0.29) is 5.91 Å². The van der Waals surface area contributed by atoms with Gasteiger partial charge in [-0.15, -0.1) is 0 Å². The zero-order valence-electron chi connectivity index (χ0n) is 15.6. The van der Waals surface area contributed by atoms with Crippen LogP contribution >= 0.6 is 11.6 Å². The number of nitrogens with one attached hydrogen (secondary N) is 1. The van der Waals surface area contributed by atoms with Gasteiger partial charge in [0.1, 0.15) is 11.5 Å². The summed E-state index contributed by atoms with van der Waals surface area (Å²) in [6, 6.07) is 18.3. The lowest BCUT2D eigenvalue weighted by Gasteiger charge is -2.04. The summed E-state index contributed by atoms with van der Waals surface area (Å²) in [5.41, 5.74) is 2.21. The standard InChI is InChI=1S/C22H19ClN2O4/c23-16-9-7-15(8-10-16)19-12-11-17(28-19)14-24-21(26)6-3-13-25-18-4-1-2-5-20(18)29-22(25)27/h1-2,4-5,7-12H,3,6,13-14H2,(H,24,26). The van der Waals surface area contributed by atoms with E-state index < -0.39 is 5.76 Å². The van der Waals surface area contributed by atoms with Gasteiger partial charge in [0, 0.05) is 23.6 Å². The number of carbonyl (C=O) groups excluding carboxylic acids is 1. The highest BCUT2D eigenvalue weighted by atomic mass is 35.5. The first kappa shape index (κ1) is 19.1. The molecule has 7 heteroatoms. The topological polar surface area (TPSA) is 77.4 Å². The first-order chi connectivity index (χ1) is 14.1. The Balaban J connectivity index is 1.28. The molecule has 0 fully saturated rings. The van der Waals surface area contributed by atoms with Crippen LogP contribution < -0.4 is 11.1 Å². The Morgan fingerprint density at radius 2 is 1.79 bits per heavy atom. The molecule has 2 aromatic heterocycles. The van der Waals surface area contributed by atoms with Crippen LogP contribution in [-0.2, 0) is 17.9 Å². The Labute approximate surface area is 171 Å². The van der Waals surface area contributed by atoms with Gasteiger partial charge in [0.05, 0.1) is 12.1 Å². The molecule has 2 heterocycles. The smallest absolute Gasteiger partial charge is 0.419 e. The maximum absolute atomic E-state index is 12.1. The molecule has 2 aromatic carbocycles. The first-order valence-electron chi connectivity index (χ1n) is 9.30. The van der Waals surface area contributed by atoms with Crippen molar-refractivity contribution in [2.24, 2.45) is 0 Å². The van der Waals surface area contributed by atoms with Crippen molar-refractivity contribution < 1.29 is 13.6 Å². The minimum atomic E-state index is -0.406. The molecule has 0 saturated heterocycles. The van der Waals surface area contributed by atoms with Gasteiger partial charge < -0.3 is 14.2 Å². The average Bonchev–Trinajstić information content (AvgIpc) is 3.32. The normalized spacial score (nSPS) is 11.1. The summed E-state index contributed by atoms with van der Waals surface area (Å²) in [6.45, 7) is 0.728. The number of hydrogen-bond acceptors (Lipinski definition) is 4. The largest absolute Gasteiger partial charge is 0.459 e. The van der Waals surface area contributed by atoms with Crippen LogP contribution in [0.15, 0.2) is 74.3 Å². The summed E-state index contributed by atoms with van der Waals surface area (Å²) in [5, 5.41) is 3.51. The zero-order chi connectivity index (χ0) is 20.2. The third-order valence-corrected chi connectivity index (χ3v) is 4.86. The second-order valence-electron chi connectivity index (χ2n) is 6.64. The number of furan rings is 1. The van der Waals surface area contributed by atoms with Crippen molar-refractivity contribution in [3.8, 4) is 11.3 Å². The molecule has 0 aliphatic heterocycles. The highest BCUT2D eigenvalue weighted by Crippen LogP contribution is 2.23. The average molecular weight is 411 g/mol. The fraction of sp³-hybridized carbons (Fsp3) is 0.182. The highest BCUT2D eigenvalue weighted by molar-refractivity contribution is 6.30. The lowest BCUT2D eigenvalue weighted by molar-refractivity contribution is -0.121. The van der Waals surface area contributed by atoms with E-state index in [2.05, 4.69) is 5.32 Å². The van der Waals surface area contributed by atoms with E-state index in [1.54, 1.807) is 22.8 Å². The predicted molar refractivity (Wildman–Crippen MR) is 111 cm³/mol. The van der Waals surface area contributed by atoms with Crippen LogP contribution in [0.1, 0.15) is 18.6 Å². The quantitative estimate of drug-likeness (QED) is 0.482. The second-order valence-corrected chi connectivity index (χ2v) is 7.08. The maximum Gasteiger partial charge on any atom is 0.419 e. The van der Waals surface area contributed by atoms with Crippen molar-refractivity contribution in [3.63, 3.8) is 0 Å². The van der Waals surface area contributed by atoms with E-state index in [4.69, 9.17) is 20.4 Å². The monoisotopic (exact) mass is 410 g/mol. The molecule has 0 bridgehead atoms. The van der Waals surface area contributed by atoms with Crippen LogP contribution in [0.2, 0.25) is 5.02 Å². The number of carbonyl (C=O) groups is 1. The van der Waals surface area contributed by atoms with Crippen LogP contribution in [0, 0.1) is 0 Å². The van der Waals surface area contributed by atoms with Crippen molar-refractivity contribution in [1.29, 1.82) is 0 Å². The van der Waals surface area contributed by atoms with Crippen LogP contribution in [0.3, 0.4) is 0 Å². The van der Waals surface area contributed by atoms with Gasteiger partial charge in [0.25, 0.3) is 0 Å². The molecule has 0 saturated carbocycles. The Hall–Kier alpha value is -3.25. The van der Waals surface area contributed by atoms with Gasteiger partial charge in [-0.25, -0.2) is 4.79 Å². The molecule has 0 unspecified atom stereocenters. The number of amides is 1. The summed E-state index contributed by atoms with van der Waals surface area (Å²) < 4.78 is 12.5. The van der Waals surface area contributed by atoms with Crippen LogP contribution in [-0.4, -0.2) is 10.5 Å². The lowest BCUT2D eigenvalue weighted by atomic mass is 10.2. The van der Waals surface area contributed by atoms with Gasteiger partial charge in [-0.05, 0) is 55.0 Å². The van der Waals surface area contributed by atoms with E-state index in [0.29, 0.717) is 42.3 Å². The van der Waals surface area contributed by atoms with Crippen molar-refractivity contribution in [3.05, 3.63) is 82.0 Å². The molecule has 0 aliphatic carbocycles. The SMILES string of the molecule is O=C(CCCn1c(=O)oc2ccccc21)NCc1ccc(-c2ccc(Cl)cc2)o1. The molecule has 29 heavy (non-hydrogen) atoms. The van der Waals surface area contributed by atoms with E-state index in [1.807, 2.05) is 42.5 Å². The summed E-state index contributed by atoms with van der Waals surface area (Å²) in [4.78, 5) is 24.1. The van der Waals surface area contributed by atoms with Crippen molar-refractivity contribution in [2.45, 2.75) is 25.9 Å². The number of benzene rings is 2. The van der Waals surface area contributed by atoms with Gasteiger partial charge in [0.2, 0.25) is 5.91 Å².